The van der Waals surface area contributed by atoms with Gasteiger partial charge in [-0.05, 0) is 43.7 Å². The third-order valence-electron chi connectivity index (χ3n) is 5.71. The monoisotopic (exact) mass is 353 g/mol. The summed E-state index contributed by atoms with van der Waals surface area (Å²) < 4.78 is 0. The van der Waals surface area contributed by atoms with Crippen LogP contribution in [-0.4, -0.2) is 51.9 Å². The van der Waals surface area contributed by atoms with Gasteiger partial charge in [0, 0.05) is 55.7 Å². The number of anilines is 1. The van der Waals surface area contributed by atoms with E-state index >= 15 is 0 Å². The lowest BCUT2D eigenvalue weighted by atomic mass is 9.93. The lowest BCUT2D eigenvalue weighted by Gasteiger charge is -2.33. The zero-order valence-electron chi connectivity index (χ0n) is 15.4. The second kappa shape index (κ2) is 7.48. The Hall–Kier alpha value is -2.37. The van der Waals surface area contributed by atoms with Crippen molar-refractivity contribution in [2.45, 2.75) is 38.5 Å². The van der Waals surface area contributed by atoms with Gasteiger partial charge in [0.1, 0.15) is 5.82 Å². The van der Waals surface area contributed by atoms with Gasteiger partial charge in [-0.2, -0.15) is 0 Å². The summed E-state index contributed by atoms with van der Waals surface area (Å²) in [6.45, 7) is 5.93. The SMILES string of the molecule is CC1CCCN(c2cc(C(=O)N3CCC(c4cnc[nH]4)CC3)ccn2)C1. The number of piperidine rings is 2. The van der Waals surface area contributed by atoms with Crippen LogP contribution in [0.2, 0.25) is 0 Å². The fraction of sp³-hybridized carbons (Fsp3) is 0.550. The Bertz CT molecular complexity index is 736. The van der Waals surface area contributed by atoms with E-state index in [0.29, 0.717) is 11.8 Å². The molecule has 4 rings (SSSR count). The Morgan fingerprint density at radius 1 is 1.23 bits per heavy atom. The van der Waals surface area contributed by atoms with Gasteiger partial charge in [0.2, 0.25) is 0 Å². The first-order chi connectivity index (χ1) is 12.7. The zero-order valence-corrected chi connectivity index (χ0v) is 15.4. The average Bonchev–Trinajstić information content (AvgIpc) is 3.22. The average molecular weight is 353 g/mol. The van der Waals surface area contributed by atoms with Gasteiger partial charge in [-0.3, -0.25) is 4.79 Å². The molecule has 0 radical (unpaired) electrons. The summed E-state index contributed by atoms with van der Waals surface area (Å²) in [5, 5.41) is 0. The number of hydrogen-bond donors (Lipinski definition) is 1. The molecule has 2 aromatic heterocycles. The minimum Gasteiger partial charge on any atom is -0.356 e. The van der Waals surface area contributed by atoms with Crippen molar-refractivity contribution in [2.24, 2.45) is 5.92 Å². The first-order valence-corrected chi connectivity index (χ1v) is 9.69. The number of carbonyl (C=O) groups excluding carboxylic acids is 1. The van der Waals surface area contributed by atoms with Crippen LogP contribution in [0.1, 0.15) is 54.6 Å². The van der Waals surface area contributed by atoms with Crippen molar-refractivity contribution in [2.75, 3.05) is 31.1 Å². The van der Waals surface area contributed by atoms with Crippen LogP contribution in [-0.2, 0) is 0 Å². The number of nitrogens with zero attached hydrogens (tertiary/aromatic N) is 4. The van der Waals surface area contributed by atoms with Gasteiger partial charge >= 0.3 is 0 Å². The van der Waals surface area contributed by atoms with Gasteiger partial charge < -0.3 is 14.8 Å². The van der Waals surface area contributed by atoms with Crippen LogP contribution in [0.3, 0.4) is 0 Å². The molecule has 2 aliphatic rings. The second-order valence-electron chi connectivity index (χ2n) is 7.67. The highest BCUT2D eigenvalue weighted by molar-refractivity contribution is 5.95. The number of aromatic nitrogens is 3. The van der Waals surface area contributed by atoms with Crippen molar-refractivity contribution >= 4 is 11.7 Å². The van der Waals surface area contributed by atoms with E-state index in [1.807, 2.05) is 23.2 Å². The summed E-state index contributed by atoms with van der Waals surface area (Å²) >= 11 is 0. The molecule has 2 aliphatic heterocycles. The number of likely N-dealkylation sites (tertiary alicyclic amines) is 1. The normalized spacial score (nSPS) is 21.8. The largest absolute Gasteiger partial charge is 0.356 e. The predicted molar refractivity (Wildman–Crippen MR) is 101 cm³/mol. The molecule has 0 saturated carbocycles. The molecule has 138 valence electrons. The van der Waals surface area contributed by atoms with Crippen LogP contribution in [0, 0.1) is 5.92 Å². The number of H-pyrrole nitrogens is 1. The molecule has 1 N–H and O–H groups in total. The molecule has 26 heavy (non-hydrogen) atoms. The highest BCUT2D eigenvalue weighted by Gasteiger charge is 2.26. The van der Waals surface area contributed by atoms with E-state index in [1.165, 1.54) is 18.5 Å². The van der Waals surface area contributed by atoms with Crippen molar-refractivity contribution in [1.29, 1.82) is 0 Å². The number of nitrogens with one attached hydrogen (secondary N) is 1. The standard InChI is InChI=1S/C20H27N5O/c1-15-3-2-8-25(13-15)19-11-17(4-7-22-19)20(26)24-9-5-16(6-10-24)18-12-21-14-23-18/h4,7,11-12,14-16H,2-3,5-6,8-10,13H2,1H3,(H,21,23). The van der Waals surface area contributed by atoms with Gasteiger partial charge in [0.05, 0.1) is 6.33 Å². The van der Waals surface area contributed by atoms with Crippen molar-refractivity contribution in [3.8, 4) is 0 Å². The molecule has 0 bridgehead atoms. The fourth-order valence-corrected chi connectivity index (χ4v) is 4.19. The molecule has 0 aliphatic carbocycles. The molecule has 1 amide bonds. The minimum absolute atomic E-state index is 0.127. The van der Waals surface area contributed by atoms with Gasteiger partial charge in [-0.1, -0.05) is 6.92 Å². The van der Waals surface area contributed by atoms with Crippen molar-refractivity contribution < 1.29 is 4.79 Å². The highest BCUT2D eigenvalue weighted by atomic mass is 16.2. The highest BCUT2D eigenvalue weighted by Crippen LogP contribution is 2.27. The number of aromatic amines is 1. The first-order valence-electron chi connectivity index (χ1n) is 9.69. The Kier molecular flexibility index (Phi) is 4.91. The maximum absolute atomic E-state index is 13.0. The number of amides is 1. The lowest BCUT2D eigenvalue weighted by Crippen LogP contribution is -2.38. The van der Waals surface area contributed by atoms with Crippen molar-refractivity contribution in [3.63, 3.8) is 0 Å². The Morgan fingerprint density at radius 3 is 2.81 bits per heavy atom. The van der Waals surface area contributed by atoms with Crippen LogP contribution >= 0.6 is 0 Å². The zero-order chi connectivity index (χ0) is 17.9. The quantitative estimate of drug-likeness (QED) is 0.921. The Balaban J connectivity index is 1.41. The number of rotatable bonds is 3. The van der Waals surface area contributed by atoms with Crippen LogP contribution in [0.5, 0.6) is 0 Å². The summed E-state index contributed by atoms with van der Waals surface area (Å²) in [4.78, 5) is 29.1. The number of carbonyl (C=O) groups is 1. The summed E-state index contributed by atoms with van der Waals surface area (Å²) in [5.74, 6) is 2.23. The molecule has 0 spiro atoms. The molecule has 6 heteroatoms. The van der Waals surface area contributed by atoms with Crippen molar-refractivity contribution in [1.82, 2.24) is 19.9 Å². The van der Waals surface area contributed by atoms with Gasteiger partial charge in [0.15, 0.2) is 0 Å². The maximum Gasteiger partial charge on any atom is 0.254 e. The van der Waals surface area contributed by atoms with E-state index in [0.717, 1.165) is 50.4 Å². The maximum atomic E-state index is 13.0. The van der Waals surface area contributed by atoms with Crippen molar-refractivity contribution in [3.05, 3.63) is 42.1 Å². The molecule has 1 unspecified atom stereocenters. The predicted octanol–water partition coefficient (Wildman–Crippen LogP) is 3.06. The molecule has 1 atom stereocenters. The second-order valence-corrected chi connectivity index (χ2v) is 7.67. The molecule has 0 aromatic carbocycles. The molecule has 2 aromatic rings. The van der Waals surface area contributed by atoms with Crippen LogP contribution in [0.25, 0.3) is 0 Å². The Labute approximate surface area is 154 Å². The van der Waals surface area contributed by atoms with E-state index in [1.54, 1.807) is 12.5 Å². The molecule has 2 fully saturated rings. The molecular weight excluding hydrogens is 326 g/mol. The molecule has 6 nitrogen and oxygen atoms in total. The van der Waals surface area contributed by atoms with E-state index < -0.39 is 0 Å². The van der Waals surface area contributed by atoms with E-state index in [4.69, 9.17) is 0 Å². The fourth-order valence-electron chi connectivity index (χ4n) is 4.19. The molecule has 2 saturated heterocycles. The third-order valence-corrected chi connectivity index (χ3v) is 5.71. The topological polar surface area (TPSA) is 65.1 Å². The summed E-state index contributed by atoms with van der Waals surface area (Å²) in [6.07, 6.45) is 9.84. The molecule has 4 heterocycles. The van der Waals surface area contributed by atoms with E-state index in [-0.39, 0.29) is 5.91 Å². The number of pyridine rings is 1. The van der Waals surface area contributed by atoms with E-state index in [9.17, 15) is 4.79 Å². The summed E-state index contributed by atoms with van der Waals surface area (Å²) in [5.41, 5.74) is 1.94. The van der Waals surface area contributed by atoms with Gasteiger partial charge in [-0.15, -0.1) is 0 Å². The third kappa shape index (κ3) is 3.59. The summed E-state index contributed by atoms with van der Waals surface area (Å²) in [6, 6.07) is 3.82. The van der Waals surface area contributed by atoms with Crippen LogP contribution in [0.15, 0.2) is 30.9 Å². The number of imidazole rings is 1. The van der Waals surface area contributed by atoms with Crippen LogP contribution in [0.4, 0.5) is 5.82 Å². The summed E-state index contributed by atoms with van der Waals surface area (Å²) in [7, 11) is 0. The lowest BCUT2D eigenvalue weighted by molar-refractivity contribution is 0.0712. The van der Waals surface area contributed by atoms with Gasteiger partial charge in [0.25, 0.3) is 5.91 Å². The van der Waals surface area contributed by atoms with E-state index in [2.05, 4.69) is 26.8 Å². The van der Waals surface area contributed by atoms with Crippen LogP contribution < -0.4 is 4.90 Å². The first kappa shape index (κ1) is 17.1. The molecular formula is C20H27N5O. The van der Waals surface area contributed by atoms with Gasteiger partial charge in [-0.25, -0.2) is 9.97 Å². The number of hydrogen-bond acceptors (Lipinski definition) is 4. The Morgan fingerprint density at radius 2 is 2.08 bits per heavy atom. The minimum atomic E-state index is 0.127. The smallest absolute Gasteiger partial charge is 0.254 e.